The molecule has 0 bridgehead atoms. The lowest BCUT2D eigenvalue weighted by atomic mass is 10.1. The van der Waals surface area contributed by atoms with Gasteiger partial charge in [0.25, 0.3) is 0 Å². The maximum atomic E-state index is 13.5. The third-order valence-corrected chi connectivity index (χ3v) is 3.42. The minimum Gasteiger partial charge on any atom is -0.347 e. The number of aryl methyl sites for hydroxylation is 1. The molecule has 2 heterocycles. The van der Waals surface area contributed by atoms with E-state index in [-0.39, 0.29) is 24.7 Å². The molecule has 0 radical (unpaired) electrons. The van der Waals surface area contributed by atoms with Gasteiger partial charge in [0, 0.05) is 24.4 Å². The Bertz CT molecular complexity index is 820. The van der Waals surface area contributed by atoms with Crippen LogP contribution < -0.4 is 5.32 Å². The minimum absolute atomic E-state index is 0.133. The van der Waals surface area contributed by atoms with Crippen molar-refractivity contribution < 1.29 is 13.7 Å². The number of nitrogens with zero attached hydrogens (tertiary/aromatic N) is 3. The predicted molar refractivity (Wildman–Crippen MR) is 84.1 cm³/mol. The molecule has 3 aromatic rings. The Balaban J connectivity index is 1.50. The summed E-state index contributed by atoms with van der Waals surface area (Å²) in [5.41, 5.74) is 1.30. The topological polar surface area (TPSA) is 80.9 Å². The van der Waals surface area contributed by atoms with Gasteiger partial charge in [-0.3, -0.25) is 9.78 Å². The summed E-state index contributed by atoms with van der Waals surface area (Å²) in [5.74, 6) is 0.236. The van der Waals surface area contributed by atoms with Crippen molar-refractivity contribution in [3.05, 3.63) is 66.1 Å². The molecule has 0 saturated heterocycles. The van der Waals surface area contributed by atoms with Gasteiger partial charge in [0.05, 0.1) is 6.54 Å². The van der Waals surface area contributed by atoms with Gasteiger partial charge < -0.3 is 9.84 Å². The summed E-state index contributed by atoms with van der Waals surface area (Å²) < 4.78 is 18.6. The largest absolute Gasteiger partial charge is 0.347 e. The Hall–Kier alpha value is -3.09. The molecule has 2 aromatic heterocycles. The highest BCUT2D eigenvalue weighted by molar-refractivity contribution is 5.76. The predicted octanol–water partition coefficient (Wildman–Crippen LogP) is 2.52. The van der Waals surface area contributed by atoms with Crippen LogP contribution in [0.15, 0.2) is 53.3 Å². The number of hydrogen-bond acceptors (Lipinski definition) is 5. The van der Waals surface area contributed by atoms with Crippen LogP contribution in [0.5, 0.6) is 0 Å². The Labute approximate surface area is 137 Å². The molecule has 0 spiro atoms. The van der Waals surface area contributed by atoms with Crippen molar-refractivity contribution in [2.45, 2.75) is 19.4 Å². The fourth-order valence-corrected chi connectivity index (χ4v) is 2.16. The minimum atomic E-state index is -0.302. The van der Waals surface area contributed by atoms with Gasteiger partial charge in [-0.15, -0.1) is 0 Å². The van der Waals surface area contributed by atoms with E-state index in [0.29, 0.717) is 23.7 Å². The summed E-state index contributed by atoms with van der Waals surface area (Å²) in [6.07, 6.45) is 3.79. The Morgan fingerprint density at radius 3 is 2.75 bits per heavy atom. The van der Waals surface area contributed by atoms with E-state index in [1.165, 1.54) is 6.07 Å². The van der Waals surface area contributed by atoms with Crippen molar-refractivity contribution >= 4 is 5.91 Å². The molecule has 0 aliphatic carbocycles. The van der Waals surface area contributed by atoms with Crippen LogP contribution in [0.4, 0.5) is 4.39 Å². The molecule has 24 heavy (non-hydrogen) atoms. The number of carbonyl (C=O) groups is 1. The smallest absolute Gasteiger partial charge is 0.246 e. The second-order valence-electron chi connectivity index (χ2n) is 5.12. The van der Waals surface area contributed by atoms with Crippen LogP contribution in [0.25, 0.3) is 11.4 Å². The highest BCUT2D eigenvalue weighted by Gasteiger charge is 2.10. The molecule has 0 atom stereocenters. The zero-order valence-corrected chi connectivity index (χ0v) is 12.8. The van der Waals surface area contributed by atoms with Gasteiger partial charge in [0.2, 0.25) is 17.6 Å². The van der Waals surface area contributed by atoms with Crippen LogP contribution in [0.2, 0.25) is 0 Å². The van der Waals surface area contributed by atoms with Gasteiger partial charge in [-0.05, 0) is 30.2 Å². The van der Waals surface area contributed by atoms with Crippen LogP contribution in [0.1, 0.15) is 17.9 Å². The molecule has 1 aromatic carbocycles. The van der Waals surface area contributed by atoms with E-state index < -0.39 is 0 Å². The molecule has 0 saturated carbocycles. The van der Waals surface area contributed by atoms with E-state index in [9.17, 15) is 9.18 Å². The second-order valence-corrected chi connectivity index (χ2v) is 5.12. The second kappa shape index (κ2) is 7.45. The van der Waals surface area contributed by atoms with Crippen LogP contribution in [-0.4, -0.2) is 21.0 Å². The van der Waals surface area contributed by atoms with E-state index in [1.807, 2.05) is 0 Å². The Morgan fingerprint density at radius 2 is 1.96 bits per heavy atom. The first-order valence-corrected chi connectivity index (χ1v) is 7.45. The zero-order chi connectivity index (χ0) is 16.8. The van der Waals surface area contributed by atoms with Crippen LogP contribution in [-0.2, 0) is 17.8 Å². The highest BCUT2D eigenvalue weighted by Crippen LogP contribution is 2.14. The van der Waals surface area contributed by atoms with E-state index >= 15 is 0 Å². The summed E-state index contributed by atoms with van der Waals surface area (Å²) >= 11 is 0. The Morgan fingerprint density at radius 1 is 1.17 bits per heavy atom. The van der Waals surface area contributed by atoms with Gasteiger partial charge in [0.15, 0.2) is 0 Å². The maximum absolute atomic E-state index is 13.5. The summed E-state index contributed by atoms with van der Waals surface area (Å²) in [7, 11) is 0. The number of rotatable bonds is 6. The number of pyridine rings is 1. The highest BCUT2D eigenvalue weighted by atomic mass is 19.1. The third kappa shape index (κ3) is 4.01. The monoisotopic (exact) mass is 326 g/mol. The van der Waals surface area contributed by atoms with Crippen molar-refractivity contribution in [3.63, 3.8) is 0 Å². The number of aromatic nitrogens is 3. The number of benzene rings is 1. The van der Waals surface area contributed by atoms with Crippen molar-refractivity contribution in [1.29, 1.82) is 0 Å². The summed E-state index contributed by atoms with van der Waals surface area (Å²) in [5, 5.41) is 6.54. The molecule has 0 fully saturated rings. The third-order valence-electron chi connectivity index (χ3n) is 3.42. The van der Waals surface area contributed by atoms with E-state index in [4.69, 9.17) is 4.52 Å². The number of nitrogens with one attached hydrogen (secondary N) is 1. The van der Waals surface area contributed by atoms with Gasteiger partial charge in [-0.25, -0.2) is 4.39 Å². The first-order valence-electron chi connectivity index (χ1n) is 7.45. The normalized spacial score (nSPS) is 10.5. The molecule has 3 rings (SSSR count). The Kier molecular flexibility index (Phi) is 4.90. The van der Waals surface area contributed by atoms with Crippen molar-refractivity contribution in [2.75, 3.05) is 0 Å². The van der Waals surface area contributed by atoms with Gasteiger partial charge in [0.1, 0.15) is 5.82 Å². The van der Waals surface area contributed by atoms with Crippen LogP contribution >= 0.6 is 0 Å². The van der Waals surface area contributed by atoms with Crippen molar-refractivity contribution in [2.24, 2.45) is 0 Å². The molecule has 0 aliphatic heterocycles. The molecular formula is C17H15FN4O2. The zero-order valence-electron chi connectivity index (χ0n) is 12.8. The average molecular weight is 326 g/mol. The van der Waals surface area contributed by atoms with Gasteiger partial charge in [-0.1, -0.05) is 23.4 Å². The lowest BCUT2D eigenvalue weighted by Crippen LogP contribution is -2.23. The van der Waals surface area contributed by atoms with Crippen LogP contribution in [0.3, 0.4) is 0 Å². The van der Waals surface area contributed by atoms with Crippen molar-refractivity contribution in [3.8, 4) is 11.4 Å². The number of carbonyl (C=O) groups excluding carboxylic acids is 1. The molecule has 1 amide bonds. The molecular weight excluding hydrogens is 311 g/mol. The molecule has 0 aliphatic rings. The summed E-state index contributed by atoms with van der Waals surface area (Å²) in [6, 6.07) is 9.95. The molecule has 122 valence electrons. The molecule has 7 heteroatoms. The van der Waals surface area contributed by atoms with Gasteiger partial charge >= 0.3 is 0 Å². The average Bonchev–Trinajstić information content (AvgIpc) is 3.09. The number of hydrogen-bond donors (Lipinski definition) is 1. The molecule has 1 N–H and O–H groups in total. The maximum Gasteiger partial charge on any atom is 0.246 e. The van der Waals surface area contributed by atoms with Crippen molar-refractivity contribution in [1.82, 2.24) is 20.4 Å². The first-order chi connectivity index (χ1) is 11.7. The van der Waals surface area contributed by atoms with E-state index in [1.54, 1.807) is 42.7 Å². The SMILES string of the molecule is O=C(CCc1ccccc1F)NCc1nc(-c2ccncc2)no1. The summed E-state index contributed by atoms with van der Waals surface area (Å²) in [6.45, 7) is 0.133. The fraction of sp³-hybridized carbons (Fsp3) is 0.176. The lowest BCUT2D eigenvalue weighted by molar-refractivity contribution is -0.121. The molecule has 6 nitrogen and oxygen atoms in total. The fourth-order valence-electron chi connectivity index (χ4n) is 2.16. The summed E-state index contributed by atoms with van der Waals surface area (Å²) in [4.78, 5) is 20.0. The van der Waals surface area contributed by atoms with Crippen LogP contribution in [0, 0.1) is 5.82 Å². The lowest BCUT2D eigenvalue weighted by Gasteiger charge is -2.03. The number of amides is 1. The van der Waals surface area contributed by atoms with E-state index in [2.05, 4.69) is 20.4 Å². The standard InChI is InChI=1S/C17H15FN4O2/c18-14-4-2-1-3-12(14)5-6-15(23)20-11-16-21-17(22-24-16)13-7-9-19-10-8-13/h1-4,7-10H,5-6,11H2,(H,20,23). The first kappa shape index (κ1) is 15.8. The number of halogens is 1. The molecule has 0 unspecified atom stereocenters. The quantitative estimate of drug-likeness (QED) is 0.753. The van der Waals surface area contributed by atoms with E-state index in [0.717, 1.165) is 5.56 Å². The van der Waals surface area contributed by atoms with Gasteiger partial charge in [-0.2, -0.15) is 4.98 Å².